The van der Waals surface area contributed by atoms with Crippen molar-refractivity contribution < 1.29 is 9.53 Å². The normalized spacial score (nSPS) is 14.3. The van der Waals surface area contributed by atoms with E-state index in [2.05, 4.69) is 4.74 Å². The van der Waals surface area contributed by atoms with Crippen LogP contribution in [0.15, 0.2) is 0 Å². The molecule has 0 amide bonds. The first-order chi connectivity index (χ1) is 4.87. The molecule has 0 rings (SSSR count). The fourth-order valence-electron chi connectivity index (χ4n) is 0.632. The zero-order valence-corrected chi connectivity index (χ0v) is 9.50. The van der Waals surface area contributed by atoms with E-state index in [1.54, 1.807) is 6.92 Å². The molecule has 11 heavy (non-hydrogen) atoms. The molecule has 0 N–H and O–H groups in total. The minimum atomic E-state index is -2.68. The summed E-state index contributed by atoms with van der Waals surface area (Å²) in [5, 5.41) is 0. The molecule has 1 unspecified atom stereocenters. The molecule has 0 aromatic carbocycles. The predicted octanol–water partition coefficient (Wildman–Crippen LogP) is 2.45. The van der Waals surface area contributed by atoms with Crippen LogP contribution in [0.2, 0.25) is 6.04 Å². The Labute approximate surface area is 80.9 Å². The van der Waals surface area contributed by atoms with Gasteiger partial charge in [-0.15, -0.1) is 33.2 Å². The Kier molecular flexibility index (Phi) is 4.78. The molecule has 0 aromatic rings. The summed E-state index contributed by atoms with van der Waals surface area (Å²) in [6.07, 6.45) is 0. The second kappa shape index (κ2) is 4.55. The Morgan fingerprint density at radius 3 is 2.27 bits per heavy atom. The van der Waals surface area contributed by atoms with Crippen molar-refractivity contribution in [3.63, 3.8) is 0 Å². The van der Waals surface area contributed by atoms with Gasteiger partial charge in [-0.05, 0) is 6.04 Å². The Morgan fingerprint density at radius 2 is 2.00 bits per heavy atom. The van der Waals surface area contributed by atoms with E-state index in [1.807, 2.05) is 0 Å². The van der Waals surface area contributed by atoms with Gasteiger partial charge in [-0.2, -0.15) is 0 Å². The third-order valence-corrected chi connectivity index (χ3v) is 3.61. The second-order valence-electron chi connectivity index (χ2n) is 2.24. The Balaban J connectivity index is 3.87. The van der Waals surface area contributed by atoms with E-state index in [0.29, 0.717) is 6.04 Å². The number of halogens is 3. The topological polar surface area (TPSA) is 26.3 Å². The van der Waals surface area contributed by atoms with Gasteiger partial charge in [0.25, 0.3) is 0 Å². The van der Waals surface area contributed by atoms with Crippen molar-refractivity contribution in [3.8, 4) is 0 Å². The van der Waals surface area contributed by atoms with Crippen LogP contribution < -0.4 is 0 Å². The van der Waals surface area contributed by atoms with Crippen molar-refractivity contribution in [2.24, 2.45) is 5.92 Å². The minimum absolute atomic E-state index is 0.310. The van der Waals surface area contributed by atoms with Gasteiger partial charge in [0.2, 0.25) is 0 Å². The summed E-state index contributed by atoms with van der Waals surface area (Å²) in [5.41, 5.74) is 0. The SMILES string of the molecule is COC(=O)C(C)C[Si](Cl)(Cl)Cl. The molecule has 0 aliphatic heterocycles. The molecule has 0 aliphatic carbocycles. The average molecular weight is 236 g/mol. The fourth-order valence-corrected chi connectivity index (χ4v) is 3.58. The summed E-state index contributed by atoms with van der Waals surface area (Å²) in [6.45, 7) is 1.68. The van der Waals surface area contributed by atoms with Crippen LogP contribution in [-0.2, 0) is 9.53 Å². The Bertz CT molecular complexity index is 145. The lowest BCUT2D eigenvalue weighted by atomic mass is 10.2. The van der Waals surface area contributed by atoms with Gasteiger partial charge in [0.1, 0.15) is 0 Å². The van der Waals surface area contributed by atoms with Crippen LogP contribution >= 0.6 is 33.2 Å². The van der Waals surface area contributed by atoms with Gasteiger partial charge < -0.3 is 4.74 Å². The van der Waals surface area contributed by atoms with Crippen LogP contribution in [0.5, 0.6) is 0 Å². The second-order valence-corrected chi connectivity index (χ2v) is 11.4. The summed E-state index contributed by atoms with van der Waals surface area (Å²) in [6, 6.07) is -2.37. The summed E-state index contributed by atoms with van der Waals surface area (Å²) < 4.78 is 4.47. The quantitative estimate of drug-likeness (QED) is 0.427. The Hall–Kier alpha value is 0.557. The number of rotatable bonds is 3. The molecule has 0 aromatic heterocycles. The summed E-state index contributed by atoms with van der Waals surface area (Å²) in [4.78, 5) is 10.8. The molecule has 2 nitrogen and oxygen atoms in total. The van der Waals surface area contributed by atoms with Crippen molar-refractivity contribution in [2.75, 3.05) is 7.11 Å². The van der Waals surface area contributed by atoms with Crippen LogP contribution in [0.25, 0.3) is 0 Å². The highest BCUT2D eigenvalue weighted by atomic mass is 35.8. The van der Waals surface area contributed by atoms with Gasteiger partial charge in [-0.25, -0.2) is 0 Å². The van der Waals surface area contributed by atoms with Gasteiger partial charge in [0.05, 0.1) is 13.0 Å². The standard InChI is InChI=1S/C5H9Cl3O2Si/c1-4(5(9)10-2)3-11(6,7)8/h4H,3H2,1-2H3. The highest BCUT2D eigenvalue weighted by molar-refractivity contribution is 7.64. The zero-order chi connectivity index (χ0) is 9.07. The maximum absolute atomic E-state index is 10.8. The monoisotopic (exact) mass is 234 g/mol. The van der Waals surface area contributed by atoms with E-state index in [1.165, 1.54) is 7.11 Å². The highest BCUT2D eigenvalue weighted by Crippen LogP contribution is 2.29. The smallest absolute Gasteiger partial charge is 0.342 e. The van der Waals surface area contributed by atoms with Crippen molar-refractivity contribution in [3.05, 3.63) is 0 Å². The largest absolute Gasteiger partial charge is 0.469 e. The molecule has 0 saturated heterocycles. The van der Waals surface area contributed by atoms with Crippen molar-refractivity contribution in [2.45, 2.75) is 13.0 Å². The van der Waals surface area contributed by atoms with Gasteiger partial charge in [-0.1, -0.05) is 6.92 Å². The number of methoxy groups -OCH3 is 1. The predicted molar refractivity (Wildman–Crippen MR) is 49.3 cm³/mol. The van der Waals surface area contributed by atoms with E-state index in [4.69, 9.17) is 33.2 Å². The average Bonchev–Trinajstić information content (AvgIpc) is 1.82. The number of hydrogen-bond acceptors (Lipinski definition) is 2. The summed E-state index contributed by atoms with van der Waals surface area (Å²) in [5.74, 6) is -0.650. The molecule has 66 valence electrons. The first-order valence-electron chi connectivity index (χ1n) is 3.01. The molecule has 6 heteroatoms. The molecule has 0 heterocycles. The maximum atomic E-state index is 10.8. The summed E-state index contributed by atoms with van der Waals surface area (Å²) >= 11 is 16.8. The number of ether oxygens (including phenoxy) is 1. The first kappa shape index (κ1) is 11.6. The van der Waals surface area contributed by atoms with Crippen LogP contribution in [0.4, 0.5) is 0 Å². The van der Waals surface area contributed by atoms with E-state index in [9.17, 15) is 4.79 Å². The van der Waals surface area contributed by atoms with E-state index < -0.39 is 6.00 Å². The molecule has 0 radical (unpaired) electrons. The number of esters is 1. The van der Waals surface area contributed by atoms with Crippen molar-refractivity contribution in [1.82, 2.24) is 0 Å². The molecular formula is C5H9Cl3O2Si. The van der Waals surface area contributed by atoms with E-state index >= 15 is 0 Å². The molecular weight excluding hydrogens is 226 g/mol. The van der Waals surface area contributed by atoms with Crippen LogP contribution in [0, 0.1) is 5.92 Å². The van der Waals surface area contributed by atoms with E-state index in [-0.39, 0.29) is 11.9 Å². The number of carbonyl (C=O) groups excluding carboxylic acids is 1. The van der Waals surface area contributed by atoms with Crippen molar-refractivity contribution >= 4 is 45.2 Å². The molecule has 1 atom stereocenters. The third kappa shape index (κ3) is 5.79. The lowest BCUT2D eigenvalue weighted by Crippen LogP contribution is -2.21. The molecule has 0 aliphatic rings. The lowest BCUT2D eigenvalue weighted by molar-refractivity contribution is -0.144. The highest BCUT2D eigenvalue weighted by Gasteiger charge is 2.31. The van der Waals surface area contributed by atoms with Crippen LogP contribution in [-0.4, -0.2) is 19.1 Å². The van der Waals surface area contributed by atoms with Crippen LogP contribution in [0.3, 0.4) is 0 Å². The summed E-state index contributed by atoms with van der Waals surface area (Å²) in [7, 11) is 1.32. The minimum Gasteiger partial charge on any atom is -0.469 e. The van der Waals surface area contributed by atoms with E-state index in [0.717, 1.165) is 0 Å². The van der Waals surface area contributed by atoms with Gasteiger partial charge in [0, 0.05) is 0 Å². The van der Waals surface area contributed by atoms with Crippen molar-refractivity contribution in [1.29, 1.82) is 0 Å². The zero-order valence-electron chi connectivity index (χ0n) is 6.23. The Morgan fingerprint density at radius 1 is 1.55 bits per heavy atom. The molecule has 0 saturated carbocycles. The molecule has 0 spiro atoms. The molecule has 0 fully saturated rings. The number of hydrogen-bond donors (Lipinski definition) is 0. The number of carbonyl (C=O) groups is 1. The fraction of sp³-hybridized carbons (Fsp3) is 0.800. The molecule has 0 bridgehead atoms. The third-order valence-electron chi connectivity index (χ3n) is 1.14. The first-order valence-corrected chi connectivity index (χ1v) is 8.25. The van der Waals surface area contributed by atoms with Crippen LogP contribution in [0.1, 0.15) is 6.92 Å². The lowest BCUT2D eigenvalue weighted by Gasteiger charge is -2.12. The van der Waals surface area contributed by atoms with Gasteiger partial charge in [0.15, 0.2) is 0 Å². The van der Waals surface area contributed by atoms with Gasteiger partial charge in [-0.3, -0.25) is 4.79 Å². The maximum Gasteiger partial charge on any atom is 0.342 e. The van der Waals surface area contributed by atoms with Gasteiger partial charge >= 0.3 is 12.0 Å².